The third-order valence-corrected chi connectivity index (χ3v) is 2.37. The molecule has 0 saturated heterocycles. The first-order valence-corrected chi connectivity index (χ1v) is 4.95. The number of hydrogen-bond donors (Lipinski definition) is 1. The van der Waals surface area contributed by atoms with Gasteiger partial charge in [0, 0.05) is 11.1 Å². The van der Waals surface area contributed by atoms with Crippen molar-refractivity contribution in [1.29, 1.82) is 0 Å². The molecule has 78 valence electrons. The minimum Gasteiger partial charge on any atom is -0.496 e. The summed E-state index contributed by atoms with van der Waals surface area (Å²) in [6.45, 7) is 6.11. The molecule has 0 spiro atoms. The highest BCUT2D eigenvalue weighted by Crippen LogP contribution is 2.28. The maximum Gasteiger partial charge on any atom is 0.123 e. The van der Waals surface area contributed by atoms with Gasteiger partial charge in [-0.3, -0.25) is 0 Å². The van der Waals surface area contributed by atoms with Crippen LogP contribution in [0.4, 0.5) is 0 Å². The Hall–Kier alpha value is -1.02. The third kappa shape index (κ3) is 2.26. The summed E-state index contributed by atoms with van der Waals surface area (Å²) in [4.78, 5) is 0. The number of rotatable bonds is 3. The number of benzene rings is 1. The zero-order valence-electron chi connectivity index (χ0n) is 9.42. The lowest BCUT2D eigenvalue weighted by atomic mass is 9.92. The summed E-state index contributed by atoms with van der Waals surface area (Å²) in [6, 6.07) is 6.19. The van der Waals surface area contributed by atoms with E-state index >= 15 is 0 Å². The Kier molecular flexibility index (Phi) is 3.17. The summed E-state index contributed by atoms with van der Waals surface area (Å²) < 4.78 is 5.29. The van der Waals surface area contributed by atoms with Crippen LogP contribution in [0.3, 0.4) is 0 Å². The van der Waals surface area contributed by atoms with Crippen LogP contribution in [0.25, 0.3) is 0 Å². The van der Waals surface area contributed by atoms with Gasteiger partial charge in [0.2, 0.25) is 0 Å². The molecule has 0 saturated carbocycles. The molecule has 0 fully saturated rings. The standard InChI is InChI=1S/C12H19NO/c1-5-9-6-7-11(14-4)10(8-9)12(2,3)13/h6-8H,5,13H2,1-4H3. The molecular formula is C12H19NO. The van der Waals surface area contributed by atoms with E-state index in [-0.39, 0.29) is 5.54 Å². The van der Waals surface area contributed by atoms with Crippen molar-refractivity contribution in [3.8, 4) is 5.75 Å². The van der Waals surface area contributed by atoms with Crippen molar-refractivity contribution in [3.05, 3.63) is 29.3 Å². The van der Waals surface area contributed by atoms with E-state index in [0.29, 0.717) is 0 Å². The van der Waals surface area contributed by atoms with E-state index in [4.69, 9.17) is 10.5 Å². The minimum absolute atomic E-state index is 0.351. The average Bonchev–Trinajstić information content (AvgIpc) is 2.15. The number of methoxy groups -OCH3 is 1. The average molecular weight is 193 g/mol. The van der Waals surface area contributed by atoms with E-state index in [2.05, 4.69) is 19.1 Å². The highest BCUT2D eigenvalue weighted by Gasteiger charge is 2.19. The summed E-state index contributed by atoms with van der Waals surface area (Å²) in [5.74, 6) is 0.870. The molecule has 2 nitrogen and oxygen atoms in total. The first-order valence-electron chi connectivity index (χ1n) is 4.95. The highest BCUT2D eigenvalue weighted by molar-refractivity contribution is 5.41. The minimum atomic E-state index is -0.351. The van der Waals surface area contributed by atoms with E-state index in [0.717, 1.165) is 17.7 Å². The SMILES string of the molecule is CCc1ccc(OC)c(C(C)(C)N)c1. The van der Waals surface area contributed by atoms with Gasteiger partial charge in [0.25, 0.3) is 0 Å². The summed E-state index contributed by atoms with van der Waals surface area (Å²) >= 11 is 0. The Morgan fingerprint density at radius 2 is 2.00 bits per heavy atom. The topological polar surface area (TPSA) is 35.2 Å². The molecule has 0 amide bonds. The molecule has 0 aliphatic carbocycles. The third-order valence-electron chi connectivity index (χ3n) is 2.37. The van der Waals surface area contributed by atoms with Gasteiger partial charge in [0.15, 0.2) is 0 Å². The van der Waals surface area contributed by atoms with Crippen molar-refractivity contribution in [1.82, 2.24) is 0 Å². The molecule has 0 aliphatic heterocycles. The van der Waals surface area contributed by atoms with Gasteiger partial charge >= 0.3 is 0 Å². The van der Waals surface area contributed by atoms with Crippen molar-refractivity contribution < 1.29 is 4.74 Å². The quantitative estimate of drug-likeness (QED) is 0.800. The van der Waals surface area contributed by atoms with E-state index in [1.165, 1.54) is 5.56 Å². The Bertz CT molecular complexity index is 313. The van der Waals surface area contributed by atoms with Gasteiger partial charge in [-0.2, -0.15) is 0 Å². The van der Waals surface area contributed by atoms with Crippen LogP contribution >= 0.6 is 0 Å². The van der Waals surface area contributed by atoms with Crippen molar-refractivity contribution in [2.24, 2.45) is 5.73 Å². The fraction of sp³-hybridized carbons (Fsp3) is 0.500. The normalized spacial score (nSPS) is 11.5. The molecule has 0 unspecified atom stereocenters. The van der Waals surface area contributed by atoms with Crippen molar-refractivity contribution in [2.75, 3.05) is 7.11 Å². The monoisotopic (exact) mass is 193 g/mol. The van der Waals surface area contributed by atoms with Crippen molar-refractivity contribution in [2.45, 2.75) is 32.7 Å². The molecule has 0 heterocycles. The molecule has 1 rings (SSSR count). The van der Waals surface area contributed by atoms with Crippen LogP contribution in [0, 0.1) is 0 Å². The van der Waals surface area contributed by atoms with Gasteiger partial charge < -0.3 is 10.5 Å². The second kappa shape index (κ2) is 4.01. The molecule has 1 aromatic carbocycles. The van der Waals surface area contributed by atoms with Gasteiger partial charge in [-0.15, -0.1) is 0 Å². The first kappa shape index (κ1) is 11.1. The molecule has 0 radical (unpaired) electrons. The van der Waals surface area contributed by atoms with Crippen LogP contribution in [0.1, 0.15) is 31.9 Å². The van der Waals surface area contributed by atoms with Gasteiger partial charge in [0.05, 0.1) is 7.11 Å². The van der Waals surface area contributed by atoms with Gasteiger partial charge in [-0.1, -0.05) is 19.1 Å². The fourth-order valence-corrected chi connectivity index (χ4v) is 1.48. The van der Waals surface area contributed by atoms with Crippen LogP contribution in [-0.2, 0) is 12.0 Å². The van der Waals surface area contributed by atoms with Crippen molar-refractivity contribution >= 4 is 0 Å². The summed E-state index contributed by atoms with van der Waals surface area (Å²) in [5, 5.41) is 0. The molecule has 0 aromatic heterocycles. The molecule has 0 bridgehead atoms. The fourth-order valence-electron chi connectivity index (χ4n) is 1.48. The number of hydrogen-bond acceptors (Lipinski definition) is 2. The van der Waals surface area contributed by atoms with E-state index in [1.54, 1.807) is 7.11 Å². The summed E-state index contributed by atoms with van der Waals surface area (Å²) in [6.07, 6.45) is 1.02. The smallest absolute Gasteiger partial charge is 0.123 e. The highest BCUT2D eigenvalue weighted by atomic mass is 16.5. The zero-order chi connectivity index (χ0) is 10.8. The Morgan fingerprint density at radius 1 is 1.36 bits per heavy atom. The van der Waals surface area contributed by atoms with Crippen LogP contribution in [0.15, 0.2) is 18.2 Å². The van der Waals surface area contributed by atoms with E-state index in [9.17, 15) is 0 Å². The molecule has 0 atom stereocenters. The van der Waals surface area contributed by atoms with Crippen LogP contribution < -0.4 is 10.5 Å². The predicted molar refractivity (Wildman–Crippen MR) is 59.6 cm³/mol. The molecule has 2 N–H and O–H groups in total. The summed E-state index contributed by atoms with van der Waals surface area (Å²) in [5.41, 5.74) is 8.09. The maximum absolute atomic E-state index is 6.08. The Labute approximate surface area is 86.1 Å². The molecule has 14 heavy (non-hydrogen) atoms. The van der Waals surface area contributed by atoms with Gasteiger partial charge in [0.1, 0.15) is 5.75 Å². The maximum atomic E-state index is 6.08. The molecule has 1 aromatic rings. The number of aryl methyl sites for hydroxylation is 1. The predicted octanol–water partition coefficient (Wildman–Crippen LogP) is 2.45. The lowest BCUT2D eigenvalue weighted by Gasteiger charge is -2.22. The Morgan fingerprint density at radius 3 is 2.43 bits per heavy atom. The Balaban J connectivity index is 3.22. The van der Waals surface area contributed by atoms with E-state index < -0.39 is 0 Å². The largest absolute Gasteiger partial charge is 0.496 e. The second-order valence-corrected chi connectivity index (χ2v) is 4.11. The lowest BCUT2D eigenvalue weighted by Crippen LogP contribution is -2.29. The molecular weight excluding hydrogens is 174 g/mol. The second-order valence-electron chi connectivity index (χ2n) is 4.11. The lowest BCUT2D eigenvalue weighted by molar-refractivity contribution is 0.394. The number of ether oxygens (including phenoxy) is 1. The number of nitrogens with two attached hydrogens (primary N) is 1. The van der Waals surface area contributed by atoms with Crippen LogP contribution in [0.2, 0.25) is 0 Å². The van der Waals surface area contributed by atoms with Gasteiger partial charge in [-0.05, 0) is 31.9 Å². The molecule has 2 heteroatoms. The van der Waals surface area contributed by atoms with Gasteiger partial charge in [-0.25, -0.2) is 0 Å². The van der Waals surface area contributed by atoms with Crippen LogP contribution in [-0.4, -0.2) is 7.11 Å². The summed E-state index contributed by atoms with van der Waals surface area (Å²) in [7, 11) is 1.68. The molecule has 0 aliphatic rings. The van der Waals surface area contributed by atoms with Crippen LogP contribution in [0.5, 0.6) is 5.75 Å². The van der Waals surface area contributed by atoms with E-state index in [1.807, 2.05) is 19.9 Å². The van der Waals surface area contributed by atoms with Crippen molar-refractivity contribution in [3.63, 3.8) is 0 Å². The first-order chi connectivity index (χ1) is 6.49. The zero-order valence-corrected chi connectivity index (χ0v) is 9.42.